The fourth-order valence-corrected chi connectivity index (χ4v) is 1.89. The zero-order valence-electron chi connectivity index (χ0n) is 9.64. The summed E-state index contributed by atoms with van der Waals surface area (Å²) in [5.74, 6) is -0.936. The third-order valence-electron chi connectivity index (χ3n) is 2.63. The van der Waals surface area contributed by atoms with Crippen molar-refractivity contribution in [1.29, 1.82) is 0 Å². The number of nitro groups is 1. The average Bonchev–Trinajstić information content (AvgIpc) is 2.63. The summed E-state index contributed by atoms with van der Waals surface area (Å²) in [6.07, 6.45) is -0.677. The number of ether oxygens (including phenoxy) is 1. The number of fused-ring (bicyclic) bond motifs is 1. The predicted octanol–water partition coefficient (Wildman–Crippen LogP) is 2.61. The van der Waals surface area contributed by atoms with Crippen LogP contribution in [0.3, 0.4) is 0 Å². The minimum absolute atomic E-state index is 0.0721. The summed E-state index contributed by atoms with van der Waals surface area (Å²) in [6, 6.07) is 3.65. The van der Waals surface area contributed by atoms with Crippen LogP contribution in [0, 0.1) is 22.9 Å². The van der Waals surface area contributed by atoms with Crippen LogP contribution in [-0.2, 0) is 4.74 Å². The van der Waals surface area contributed by atoms with Crippen molar-refractivity contribution in [3.05, 3.63) is 39.8 Å². The van der Waals surface area contributed by atoms with E-state index in [2.05, 4.69) is 4.74 Å². The minimum atomic E-state index is -0.936. The lowest BCUT2D eigenvalue weighted by Gasteiger charge is -2.04. The van der Waals surface area contributed by atoms with E-state index in [4.69, 9.17) is 0 Å². The molecule has 0 spiro atoms. The fourth-order valence-electron chi connectivity index (χ4n) is 1.89. The highest BCUT2D eigenvalue weighted by Gasteiger charge is 2.23. The number of nitro benzene ring substituents is 1. The van der Waals surface area contributed by atoms with Gasteiger partial charge >= 0.3 is 11.8 Å². The van der Waals surface area contributed by atoms with E-state index in [1.807, 2.05) is 0 Å². The smallest absolute Gasteiger partial charge is 0.418 e. The maximum absolute atomic E-state index is 13.4. The summed E-state index contributed by atoms with van der Waals surface area (Å²) in [5.41, 5.74) is 0.0382. The van der Waals surface area contributed by atoms with Gasteiger partial charge in [0, 0.05) is 5.69 Å². The summed E-state index contributed by atoms with van der Waals surface area (Å²) in [5, 5.41) is 10.9. The molecule has 0 saturated heterocycles. The number of aromatic nitrogens is 1. The third kappa shape index (κ3) is 1.60. The Morgan fingerprint density at radius 2 is 2.17 bits per heavy atom. The largest absolute Gasteiger partial charge is 0.452 e. The van der Waals surface area contributed by atoms with Gasteiger partial charge in [0.2, 0.25) is 5.82 Å². The number of rotatable bonds is 1. The first-order chi connectivity index (χ1) is 8.47. The monoisotopic (exact) mass is 252 g/mol. The van der Waals surface area contributed by atoms with Crippen molar-refractivity contribution in [2.24, 2.45) is 0 Å². The van der Waals surface area contributed by atoms with Gasteiger partial charge in [-0.15, -0.1) is 0 Å². The topological polar surface area (TPSA) is 74.4 Å². The van der Waals surface area contributed by atoms with Gasteiger partial charge in [-0.25, -0.2) is 9.36 Å². The molecule has 1 heterocycles. The van der Waals surface area contributed by atoms with Gasteiger partial charge in [0.15, 0.2) is 0 Å². The third-order valence-corrected chi connectivity index (χ3v) is 2.63. The fraction of sp³-hybridized carbons (Fsp3) is 0.182. The zero-order valence-corrected chi connectivity index (χ0v) is 9.64. The second-order valence-corrected chi connectivity index (χ2v) is 3.68. The van der Waals surface area contributed by atoms with Gasteiger partial charge in [-0.1, -0.05) is 0 Å². The first kappa shape index (κ1) is 12.0. The molecule has 0 bridgehead atoms. The second kappa shape index (κ2) is 4.10. The molecule has 0 radical (unpaired) electrons. The Kier molecular flexibility index (Phi) is 2.74. The number of hydrogen-bond acceptors (Lipinski definition) is 4. The van der Waals surface area contributed by atoms with Crippen molar-refractivity contribution in [3.8, 4) is 0 Å². The number of carbonyl (C=O) groups excluding carboxylic acids is 1. The molecule has 0 atom stereocenters. The van der Waals surface area contributed by atoms with Gasteiger partial charge in [-0.05, 0) is 25.1 Å². The zero-order chi connectivity index (χ0) is 13.4. The van der Waals surface area contributed by atoms with Crippen LogP contribution in [-0.4, -0.2) is 22.7 Å². The van der Waals surface area contributed by atoms with Crippen LogP contribution in [0.4, 0.5) is 14.9 Å². The van der Waals surface area contributed by atoms with Crippen LogP contribution >= 0.6 is 0 Å². The van der Waals surface area contributed by atoms with Crippen molar-refractivity contribution in [2.45, 2.75) is 6.92 Å². The predicted molar refractivity (Wildman–Crippen MR) is 61.1 cm³/mol. The molecule has 0 N–H and O–H groups in total. The molecule has 0 aliphatic heterocycles. The maximum atomic E-state index is 13.4. The molecule has 0 amide bonds. The van der Waals surface area contributed by atoms with Crippen LogP contribution in [0.25, 0.3) is 10.9 Å². The molecule has 1 aromatic heterocycles. The Morgan fingerprint density at radius 1 is 1.50 bits per heavy atom. The van der Waals surface area contributed by atoms with Gasteiger partial charge in [0.25, 0.3) is 0 Å². The molecule has 0 fully saturated rings. The standard InChI is InChI=1S/C11H9FN2O4/c1-6-5-7-9(13(6)11(15)18-2)4-3-8(12)10(7)14(16)17/h3-5H,1-2H3. The van der Waals surface area contributed by atoms with Crippen molar-refractivity contribution in [1.82, 2.24) is 4.57 Å². The highest BCUT2D eigenvalue weighted by Crippen LogP contribution is 2.31. The minimum Gasteiger partial charge on any atom is -0.452 e. The normalized spacial score (nSPS) is 10.6. The average molecular weight is 252 g/mol. The Bertz CT molecular complexity index is 663. The summed E-state index contributed by atoms with van der Waals surface area (Å²) in [7, 11) is 1.20. The van der Waals surface area contributed by atoms with E-state index < -0.39 is 22.5 Å². The highest BCUT2D eigenvalue weighted by atomic mass is 19.1. The van der Waals surface area contributed by atoms with Crippen LogP contribution in [0.15, 0.2) is 18.2 Å². The van der Waals surface area contributed by atoms with E-state index in [0.29, 0.717) is 5.69 Å². The summed E-state index contributed by atoms with van der Waals surface area (Å²) in [4.78, 5) is 21.6. The lowest BCUT2D eigenvalue weighted by molar-refractivity contribution is -0.385. The molecule has 0 aliphatic rings. The number of hydrogen-bond donors (Lipinski definition) is 0. The highest BCUT2D eigenvalue weighted by molar-refractivity contribution is 5.96. The van der Waals surface area contributed by atoms with Gasteiger partial charge < -0.3 is 4.74 Å². The number of benzene rings is 1. The first-order valence-electron chi connectivity index (χ1n) is 5.00. The van der Waals surface area contributed by atoms with E-state index in [0.717, 1.165) is 10.6 Å². The maximum Gasteiger partial charge on any atom is 0.418 e. The molecular weight excluding hydrogens is 243 g/mol. The quantitative estimate of drug-likeness (QED) is 0.577. The molecule has 94 valence electrons. The second-order valence-electron chi connectivity index (χ2n) is 3.68. The summed E-state index contributed by atoms with van der Waals surface area (Å²) >= 11 is 0. The van der Waals surface area contributed by atoms with Crippen molar-refractivity contribution in [3.63, 3.8) is 0 Å². The molecule has 0 aliphatic carbocycles. The van der Waals surface area contributed by atoms with Gasteiger partial charge in [0.05, 0.1) is 22.9 Å². The Labute approximate surface area is 101 Å². The van der Waals surface area contributed by atoms with Crippen molar-refractivity contribution in [2.75, 3.05) is 7.11 Å². The number of nitrogens with zero attached hydrogens (tertiary/aromatic N) is 2. The van der Waals surface area contributed by atoms with Crippen molar-refractivity contribution >= 4 is 22.7 Å². The Morgan fingerprint density at radius 3 is 2.72 bits per heavy atom. The van der Waals surface area contributed by atoms with E-state index >= 15 is 0 Å². The molecule has 18 heavy (non-hydrogen) atoms. The number of aryl methyl sites for hydroxylation is 1. The molecule has 0 saturated carbocycles. The van der Waals surface area contributed by atoms with Crippen LogP contribution in [0.2, 0.25) is 0 Å². The van der Waals surface area contributed by atoms with Gasteiger partial charge in [0.1, 0.15) is 0 Å². The lowest BCUT2D eigenvalue weighted by atomic mass is 10.2. The summed E-state index contributed by atoms with van der Waals surface area (Å²) in [6.45, 7) is 1.58. The first-order valence-corrected chi connectivity index (χ1v) is 5.00. The van der Waals surface area contributed by atoms with Crippen LogP contribution in [0.1, 0.15) is 5.69 Å². The molecule has 6 nitrogen and oxygen atoms in total. The molecule has 1 aromatic carbocycles. The lowest BCUT2D eigenvalue weighted by Crippen LogP contribution is -2.12. The van der Waals surface area contributed by atoms with Crippen LogP contribution in [0.5, 0.6) is 0 Å². The van der Waals surface area contributed by atoms with E-state index in [1.165, 1.54) is 19.2 Å². The Balaban J connectivity index is 2.87. The van der Waals surface area contributed by atoms with E-state index in [9.17, 15) is 19.3 Å². The Hall–Kier alpha value is -2.44. The number of carbonyl (C=O) groups is 1. The molecule has 0 unspecified atom stereocenters. The number of halogens is 1. The van der Waals surface area contributed by atoms with E-state index in [1.54, 1.807) is 6.92 Å². The SMILES string of the molecule is COC(=O)n1c(C)cc2c([N+](=O)[O-])c(F)ccc21. The molecular formula is C11H9FN2O4. The van der Waals surface area contributed by atoms with Crippen LogP contribution < -0.4 is 0 Å². The summed E-state index contributed by atoms with van der Waals surface area (Å²) < 4.78 is 19.2. The van der Waals surface area contributed by atoms with Gasteiger partial charge in [-0.3, -0.25) is 10.1 Å². The molecule has 2 rings (SSSR count). The number of methoxy groups -OCH3 is 1. The molecule has 7 heteroatoms. The van der Waals surface area contributed by atoms with Crippen molar-refractivity contribution < 1.29 is 18.8 Å². The molecule has 2 aromatic rings. The van der Waals surface area contributed by atoms with Gasteiger partial charge in [-0.2, -0.15) is 4.39 Å². The van der Waals surface area contributed by atoms with E-state index in [-0.39, 0.29) is 10.9 Å².